The highest BCUT2D eigenvalue weighted by atomic mass is 16.3. The highest BCUT2D eigenvalue weighted by molar-refractivity contribution is 5.34. The molecule has 0 aliphatic carbocycles. The van der Waals surface area contributed by atoms with E-state index >= 15 is 0 Å². The van der Waals surface area contributed by atoms with Gasteiger partial charge in [-0.15, -0.1) is 0 Å². The average Bonchev–Trinajstić information content (AvgIpc) is 2.92. The van der Waals surface area contributed by atoms with Crippen molar-refractivity contribution in [3.05, 3.63) is 81.8 Å². The molecule has 28 heavy (non-hydrogen) atoms. The van der Waals surface area contributed by atoms with E-state index in [-0.39, 0.29) is 23.3 Å². The van der Waals surface area contributed by atoms with E-state index in [0.717, 1.165) is 28.9 Å². The summed E-state index contributed by atoms with van der Waals surface area (Å²) in [6, 6.07) is 17.3. The zero-order valence-electron chi connectivity index (χ0n) is 17.0. The molecule has 0 amide bonds. The van der Waals surface area contributed by atoms with Crippen molar-refractivity contribution in [2.45, 2.75) is 45.7 Å². The third kappa shape index (κ3) is 4.20. The Morgan fingerprint density at radius 1 is 1.00 bits per heavy atom. The third-order valence-corrected chi connectivity index (χ3v) is 5.10. The minimum Gasteiger partial charge on any atom is -0.508 e. The van der Waals surface area contributed by atoms with Crippen LogP contribution in [0.2, 0.25) is 0 Å². The van der Waals surface area contributed by atoms with Crippen LogP contribution in [0.1, 0.15) is 43.5 Å². The monoisotopic (exact) mass is 379 g/mol. The molecule has 0 saturated heterocycles. The van der Waals surface area contributed by atoms with Crippen LogP contribution in [0, 0.1) is 0 Å². The summed E-state index contributed by atoms with van der Waals surface area (Å²) in [7, 11) is 1.95. The van der Waals surface area contributed by atoms with Gasteiger partial charge < -0.3 is 10.4 Å². The standard InChI is InChI=1S/C23H29N3O2/c1-16(2)22-21(15-24-17(3)14-18-10-12-20(27)13-11-18)25(4)26(23(22)28)19-8-6-5-7-9-19/h5-13,16-17,24,27H,14-15H2,1-4H3. The van der Waals surface area contributed by atoms with Gasteiger partial charge in [-0.2, -0.15) is 0 Å². The predicted octanol–water partition coefficient (Wildman–Crippen LogP) is 3.73. The molecule has 2 N–H and O–H groups in total. The summed E-state index contributed by atoms with van der Waals surface area (Å²) < 4.78 is 3.71. The van der Waals surface area contributed by atoms with Gasteiger partial charge in [0.1, 0.15) is 5.75 Å². The lowest BCUT2D eigenvalue weighted by atomic mass is 10.0. The molecule has 0 spiro atoms. The first-order valence-electron chi connectivity index (χ1n) is 9.76. The molecule has 0 fully saturated rings. The van der Waals surface area contributed by atoms with Gasteiger partial charge in [0.25, 0.3) is 5.56 Å². The molecule has 0 radical (unpaired) electrons. The van der Waals surface area contributed by atoms with Crippen LogP contribution in [0.5, 0.6) is 5.75 Å². The SMILES string of the molecule is CC(Cc1ccc(O)cc1)NCc1c(C(C)C)c(=O)n(-c2ccccc2)n1C. The van der Waals surface area contributed by atoms with E-state index < -0.39 is 0 Å². The van der Waals surface area contributed by atoms with E-state index in [9.17, 15) is 9.90 Å². The van der Waals surface area contributed by atoms with E-state index in [2.05, 4.69) is 26.1 Å². The van der Waals surface area contributed by atoms with Gasteiger partial charge in [0.05, 0.1) is 11.4 Å². The Hall–Kier alpha value is -2.79. The zero-order valence-corrected chi connectivity index (χ0v) is 17.0. The van der Waals surface area contributed by atoms with Crippen molar-refractivity contribution in [1.29, 1.82) is 0 Å². The van der Waals surface area contributed by atoms with Gasteiger partial charge in [-0.05, 0) is 49.1 Å². The highest BCUT2D eigenvalue weighted by Crippen LogP contribution is 2.19. The Morgan fingerprint density at radius 2 is 1.64 bits per heavy atom. The Labute approximate surface area is 166 Å². The van der Waals surface area contributed by atoms with Crippen LogP contribution < -0.4 is 10.9 Å². The Morgan fingerprint density at radius 3 is 2.25 bits per heavy atom. The van der Waals surface area contributed by atoms with Crippen LogP contribution in [0.15, 0.2) is 59.4 Å². The molecule has 1 atom stereocenters. The van der Waals surface area contributed by atoms with Gasteiger partial charge in [0.15, 0.2) is 0 Å². The average molecular weight is 380 g/mol. The number of benzene rings is 2. The van der Waals surface area contributed by atoms with Crippen LogP contribution >= 0.6 is 0 Å². The number of hydrogen-bond donors (Lipinski definition) is 2. The number of phenolic OH excluding ortho intramolecular Hbond substituents is 1. The van der Waals surface area contributed by atoms with Crippen molar-refractivity contribution < 1.29 is 5.11 Å². The zero-order chi connectivity index (χ0) is 20.3. The minimum atomic E-state index is 0.0479. The van der Waals surface area contributed by atoms with Crippen molar-refractivity contribution in [1.82, 2.24) is 14.7 Å². The van der Waals surface area contributed by atoms with Crippen molar-refractivity contribution in [3.8, 4) is 11.4 Å². The van der Waals surface area contributed by atoms with Gasteiger partial charge in [-0.1, -0.05) is 44.2 Å². The van der Waals surface area contributed by atoms with Gasteiger partial charge >= 0.3 is 0 Å². The van der Waals surface area contributed by atoms with Crippen LogP contribution in [0.25, 0.3) is 5.69 Å². The lowest BCUT2D eigenvalue weighted by Crippen LogP contribution is -2.29. The largest absolute Gasteiger partial charge is 0.508 e. The molecule has 1 heterocycles. The molecule has 0 bridgehead atoms. The summed E-state index contributed by atoms with van der Waals surface area (Å²) in [6.45, 7) is 6.89. The first-order valence-corrected chi connectivity index (χ1v) is 9.76. The molecule has 0 saturated carbocycles. The maximum absolute atomic E-state index is 13.1. The summed E-state index contributed by atoms with van der Waals surface area (Å²) in [5.74, 6) is 0.427. The molecule has 1 aromatic heterocycles. The molecule has 3 aromatic rings. The Balaban J connectivity index is 1.83. The molecule has 5 nitrogen and oxygen atoms in total. The highest BCUT2D eigenvalue weighted by Gasteiger charge is 2.21. The van der Waals surface area contributed by atoms with Crippen molar-refractivity contribution in [3.63, 3.8) is 0 Å². The molecule has 2 aromatic carbocycles. The normalized spacial score (nSPS) is 12.5. The Kier molecular flexibility index (Phi) is 6.05. The maximum atomic E-state index is 13.1. The van der Waals surface area contributed by atoms with Crippen LogP contribution in [-0.2, 0) is 20.0 Å². The molecular weight excluding hydrogens is 350 g/mol. The summed E-state index contributed by atoms with van der Waals surface area (Å²) in [4.78, 5) is 13.1. The first kappa shape index (κ1) is 20.0. The number of nitrogens with one attached hydrogen (secondary N) is 1. The number of phenols is 1. The summed E-state index contributed by atoms with van der Waals surface area (Å²) >= 11 is 0. The van der Waals surface area contributed by atoms with Crippen LogP contribution in [0.4, 0.5) is 0 Å². The van der Waals surface area contributed by atoms with Crippen LogP contribution in [0.3, 0.4) is 0 Å². The summed E-state index contributed by atoms with van der Waals surface area (Å²) in [6.07, 6.45) is 0.852. The minimum absolute atomic E-state index is 0.0479. The van der Waals surface area contributed by atoms with Crippen molar-refractivity contribution in [2.75, 3.05) is 0 Å². The molecule has 0 aliphatic heterocycles. The molecular formula is C23H29N3O2. The lowest BCUT2D eigenvalue weighted by Gasteiger charge is -2.16. The molecule has 3 rings (SSSR count). The van der Waals surface area contributed by atoms with E-state index in [0.29, 0.717) is 6.54 Å². The van der Waals surface area contributed by atoms with Crippen molar-refractivity contribution >= 4 is 0 Å². The van der Waals surface area contributed by atoms with Gasteiger partial charge in [0, 0.05) is 25.2 Å². The number of para-hydroxylation sites is 1. The first-order chi connectivity index (χ1) is 13.4. The Bertz CT molecular complexity index is 970. The van der Waals surface area contributed by atoms with E-state index in [1.165, 1.54) is 0 Å². The number of hydrogen-bond acceptors (Lipinski definition) is 3. The quantitative estimate of drug-likeness (QED) is 0.658. The number of rotatable bonds is 7. The second-order valence-electron chi connectivity index (χ2n) is 7.64. The molecule has 5 heteroatoms. The van der Waals surface area contributed by atoms with Gasteiger partial charge in [-0.25, -0.2) is 4.68 Å². The van der Waals surface area contributed by atoms with E-state index in [4.69, 9.17) is 0 Å². The summed E-state index contributed by atoms with van der Waals surface area (Å²) in [5.41, 5.74) is 3.96. The number of nitrogens with zero attached hydrogens (tertiary/aromatic N) is 2. The van der Waals surface area contributed by atoms with E-state index in [1.807, 2.05) is 54.2 Å². The van der Waals surface area contributed by atoms with Crippen LogP contribution in [-0.4, -0.2) is 20.5 Å². The fourth-order valence-electron chi connectivity index (χ4n) is 3.65. The van der Waals surface area contributed by atoms with Gasteiger partial charge in [0.2, 0.25) is 0 Å². The molecule has 0 aliphatic rings. The fraction of sp³-hybridized carbons (Fsp3) is 0.348. The maximum Gasteiger partial charge on any atom is 0.275 e. The second kappa shape index (κ2) is 8.48. The molecule has 1 unspecified atom stereocenters. The smallest absolute Gasteiger partial charge is 0.275 e. The topological polar surface area (TPSA) is 59.2 Å². The lowest BCUT2D eigenvalue weighted by molar-refractivity contribution is 0.474. The summed E-state index contributed by atoms with van der Waals surface area (Å²) in [5, 5.41) is 13.0. The number of aromatic hydroxyl groups is 1. The second-order valence-corrected chi connectivity index (χ2v) is 7.64. The molecule has 148 valence electrons. The van der Waals surface area contributed by atoms with Crippen molar-refractivity contribution in [2.24, 2.45) is 7.05 Å². The fourth-order valence-corrected chi connectivity index (χ4v) is 3.65. The van der Waals surface area contributed by atoms with Gasteiger partial charge in [-0.3, -0.25) is 9.48 Å². The van der Waals surface area contributed by atoms with E-state index in [1.54, 1.807) is 16.8 Å². The number of aromatic nitrogens is 2. The third-order valence-electron chi connectivity index (χ3n) is 5.10. The predicted molar refractivity (Wildman–Crippen MR) is 113 cm³/mol.